The van der Waals surface area contributed by atoms with E-state index in [0.717, 1.165) is 38.9 Å². The zero-order valence-electron chi connectivity index (χ0n) is 29.4. The molecule has 0 saturated heterocycles. The van der Waals surface area contributed by atoms with Crippen molar-refractivity contribution in [1.29, 1.82) is 0 Å². The van der Waals surface area contributed by atoms with Gasteiger partial charge in [0.15, 0.2) is 0 Å². The van der Waals surface area contributed by atoms with Crippen LogP contribution < -0.4 is 10.6 Å². The van der Waals surface area contributed by atoms with Gasteiger partial charge in [-0.15, -0.1) is 0 Å². The van der Waals surface area contributed by atoms with E-state index in [1.165, 1.54) is 23.5 Å². The van der Waals surface area contributed by atoms with Crippen molar-refractivity contribution < 1.29 is 19.1 Å². The Kier molecular flexibility index (Phi) is 11.6. The van der Waals surface area contributed by atoms with Crippen LogP contribution in [0.25, 0.3) is 11.1 Å². The Morgan fingerprint density at radius 1 is 0.725 bits per heavy atom. The summed E-state index contributed by atoms with van der Waals surface area (Å²) in [5.41, 5.74) is 8.61. The summed E-state index contributed by atoms with van der Waals surface area (Å²) >= 11 is 0. The fourth-order valence-corrected chi connectivity index (χ4v) is 9.34. The van der Waals surface area contributed by atoms with Crippen LogP contribution in [0.1, 0.15) is 53.1 Å². The zero-order chi connectivity index (χ0) is 35.8. The van der Waals surface area contributed by atoms with Gasteiger partial charge in [0.2, 0.25) is 0 Å². The van der Waals surface area contributed by atoms with Crippen LogP contribution in [0.15, 0.2) is 133 Å². The Hall–Kier alpha value is -4.50. The van der Waals surface area contributed by atoms with Gasteiger partial charge in [-0.2, -0.15) is 0 Å². The number of amides is 1. The van der Waals surface area contributed by atoms with E-state index >= 15 is 0 Å². The highest BCUT2D eigenvalue weighted by atomic mass is 33.1. The third kappa shape index (κ3) is 8.19. The van der Waals surface area contributed by atoms with Gasteiger partial charge in [-0.3, -0.25) is 5.32 Å². The number of ether oxygens (including phenoxy) is 2. The molecule has 0 heterocycles. The molecule has 1 atom stereocenters. The highest BCUT2D eigenvalue weighted by molar-refractivity contribution is 8.77. The minimum Gasteiger partial charge on any atom is -0.467 e. The number of methoxy groups -OCH3 is 1. The first-order chi connectivity index (χ1) is 24.7. The van der Waals surface area contributed by atoms with Crippen LogP contribution in [-0.4, -0.2) is 48.9 Å². The number of aryl methyl sites for hydroxylation is 1. The van der Waals surface area contributed by atoms with Gasteiger partial charge in [-0.05, 0) is 59.7 Å². The fraction of sp³-hybridized carbons (Fsp3) is 0.256. The van der Waals surface area contributed by atoms with E-state index in [2.05, 4.69) is 128 Å². The molecule has 2 N–H and O–H groups in total. The number of benzene rings is 5. The zero-order valence-corrected chi connectivity index (χ0v) is 31.1. The Morgan fingerprint density at radius 3 is 1.78 bits per heavy atom. The summed E-state index contributed by atoms with van der Waals surface area (Å²) in [5.74, 6) is -0.276. The molecule has 0 radical (unpaired) electrons. The van der Waals surface area contributed by atoms with Crippen molar-refractivity contribution in [2.45, 2.75) is 43.0 Å². The van der Waals surface area contributed by atoms with Gasteiger partial charge in [-0.1, -0.05) is 161 Å². The lowest BCUT2D eigenvalue weighted by molar-refractivity contribution is -0.142. The van der Waals surface area contributed by atoms with Gasteiger partial charge in [0.1, 0.15) is 12.6 Å². The Bertz CT molecular complexity index is 1850. The Morgan fingerprint density at radius 2 is 1.24 bits per heavy atom. The lowest BCUT2D eigenvalue weighted by atomic mass is 9.76. The topological polar surface area (TPSA) is 76.7 Å². The van der Waals surface area contributed by atoms with Crippen molar-refractivity contribution in [1.82, 2.24) is 10.6 Å². The van der Waals surface area contributed by atoms with Gasteiger partial charge >= 0.3 is 12.1 Å². The molecule has 6 nitrogen and oxygen atoms in total. The minimum atomic E-state index is -0.868. The third-order valence-electron chi connectivity index (χ3n) is 9.32. The molecule has 0 unspecified atom stereocenters. The number of carbonyl (C=O) groups is 2. The monoisotopic (exact) mass is 716 g/mol. The second-order valence-corrected chi connectivity index (χ2v) is 16.4. The average molecular weight is 717 g/mol. The Labute approximate surface area is 309 Å². The molecule has 262 valence electrons. The van der Waals surface area contributed by atoms with Crippen molar-refractivity contribution >= 4 is 33.7 Å². The van der Waals surface area contributed by atoms with Crippen LogP contribution in [0.3, 0.4) is 0 Å². The largest absolute Gasteiger partial charge is 0.467 e. The van der Waals surface area contributed by atoms with Crippen molar-refractivity contribution in [3.8, 4) is 11.1 Å². The van der Waals surface area contributed by atoms with Crippen LogP contribution in [0.5, 0.6) is 0 Å². The lowest BCUT2D eigenvalue weighted by Gasteiger charge is -2.39. The first kappa shape index (κ1) is 36.3. The second kappa shape index (κ2) is 16.2. The fourth-order valence-electron chi connectivity index (χ4n) is 6.72. The molecular formula is C43H44N2O4S2. The number of hydrogen-bond acceptors (Lipinski definition) is 7. The molecule has 5 aromatic rings. The van der Waals surface area contributed by atoms with Gasteiger partial charge in [-0.25, -0.2) is 9.59 Å². The van der Waals surface area contributed by atoms with Crippen molar-refractivity contribution in [2.75, 3.05) is 26.0 Å². The maximum Gasteiger partial charge on any atom is 0.407 e. The molecule has 6 rings (SSSR count). The highest BCUT2D eigenvalue weighted by Gasteiger charge is 2.38. The number of rotatable bonds is 14. The third-order valence-corrected chi connectivity index (χ3v) is 12.6. The van der Waals surface area contributed by atoms with E-state index in [1.807, 2.05) is 36.4 Å². The molecule has 5 aromatic carbocycles. The van der Waals surface area contributed by atoms with E-state index in [0.29, 0.717) is 12.3 Å². The number of carbonyl (C=O) groups excluding carboxylic acids is 2. The van der Waals surface area contributed by atoms with Gasteiger partial charge < -0.3 is 14.8 Å². The molecule has 1 amide bonds. The van der Waals surface area contributed by atoms with E-state index < -0.39 is 23.6 Å². The van der Waals surface area contributed by atoms with E-state index in [4.69, 9.17) is 9.47 Å². The van der Waals surface area contributed by atoms with Crippen molar-refractivity contribution in [3.05, 3.63) is 167 Å². The maximum absolute atomic E-state index is 13.1. The molecule has 0 spiro atoms. The van der Waals surface area contributed by atoms with E-state index in [9.17, 15) is 9.59 Å². The molecule has 1 aliphatic rings. The number of alkyl carbamates (subject to hydrolysis) is 1. The highest BCUT2D eigenvalue weighted by Crippen LogP contribution is 2.45. The average Bonchev–Trinajstić information content (AvgIpc) is 3.48. The first-order valence-electron chi connectivity index (χ1n) is 17.1. The number of fused-ring (bicyclic) bond motifs is 3. The van der Waals surface area contributed by atoms with Gasteiger partial charge in [0.25, 0.3) is 0 Å². The van der Waals surface area contributed by atoms with E-state index in [-0.39, 0.29) is 17.3 Å². The quantitative estimate of drug-likeness (QED) is 0.0675. The SMILES string of the molecule is COC(=O)[C@H](CSSC(C)(C)CNC(c1ccccc1)(c1ccccc1)c1ccc(C)cc1)NC(=O)OCC1c2ccccc2-c2ccccc21. The smallest absolute Gasteiger partial charge is 0.407 e. The van der Waals surface area contributed by atoms with Gasteiger partial charge in [0, 0.05) is 23.0 Å². The summed E-state index contributed by atoms with van der Waals surface area (Å²) in [7, 11) is 4.52. The molecule has 0 aromatic heterocycles. The summed E-state index contributed by atoms with van der Waals surface area (Å²) in [6, 6.07) is 45.3. The molecule has 0 fully saturated rings. The van der Waals surface area contributed by atoms with Crippen molar-refractivity contribution in [3.63, 3.8) is 0 Å². The normalized spacial score (nSPS) is 13.2. The Balaban J connectivity index is 1.11. The summed E-state index contributed by atoms with van der Waals surface area (Å²) < 4.78 is 10.5. The van der Waals surface area contributed by atoms with E-state index in [1.54, 1.807) is 10.8 Å². The van der Waals surface area contributed by atoms with Crippen LogP contribution in [0.4, 0.5) is 4.79 Å². The predicted octanol–water partition coefficient (Wildman–Crippen LogP) is 9.12. The minimum absolute atomic E-state index is 0.0724. The molecular weight excluding hydrogens is 673 g/mol. The van der Waals surface area contributed by atoms with Crippen molar-refractivity contribution in [2.24, 2.45) is 0 Å². The number of hydrogen-bond donors (Lipinski definition) is 2. The molecule has 0 bridgehead atoms. The number of nitrogens with one attached hydrogen (secondary N) is 2. The summed E-state index contributed by atoms with van der Waals surface area (Å²) in [4.78, 5) is 25.9. The summed E-state index contributed by atoms with van der Waals surface area (Å²) in [6.45, 7) is 7.27. The first-order valence-corrected chi connectivity index (χ1v) is 19.5. The number of esters is 1. The molecule has 1 aliphatic carbocycles. The summed E-state index contributed by atoms with van der Waals surface area (Å²) in [6.07, 6.45) is -0.646. The lowest BCUT2D eigenvalue weighted by Crippen LogP contribution is -2.49. The second-order valence-electron chi connectivity index (χ2n) is 13.4. The standard InChI is InChI=1S/C43H44N2O4S2/c1-30-23-25-33(26-24-30)43(31-15-7-5-8-16-31,32-17-9-6-10-18-32)44-29-42(2,3)51-50-28-39(40(46)48-4)45-41(47)49-27-38-36-21-13-11-19-34(36)35-20-12-14-22-37(35)38/h5-26,38-39,44H,27-29H2,1-4H3,(H,45,47)/t39-/m0/s1. The van der Waals surface area contributed by atoms with Crippen LogP contribution in [0, 0.1) is 6.92 Å². The van der Waals surface area contributed by atoms with Crippen LogP contribution in [-0.2, 0) is 19.8 Å². The van der Waals surface area contributed by atoms with Crippen LogP contribution >= 0.6 is 21.6 Å². The molecule has 0 saturated carbocycles. The predicted molar refractivity (Wildman–Crippen MR) is 210 cm³/mol. The van der Waals surface area contributed by atoms with Crippen LogP contribution in [0.2, 0.25) is 0 Å². The molecule has 0 aliphatic heterocycles. The maximum atomic E-state index is 13.1. The molecule has 51 heavy (non-hydrogen) atoms. The van der Waals surface area contributed by atoms with Gasteiger partial charge in [0.05, 0.1) is 12.6 Å². The molecule has 8 heteroatoms. The summed E-state index contributed by atoms with van der Waals surface area (Å²) in [5, 5.41) is 6.75.